The summed E-state index contributed by atoms with van der Waals surface area (Å²) in [5, 5.41) is 12.7. The number of hydrogen-bond acceptors (Lipinski definition) is 3. The van der Waals surface area contributed by atoms with Crippen LogP contribution < -0.4 is 5.32 Å². The second-order valence-electron chi connectivity index (χ2n) is 7.22. The van der Waals surface area contributed by atoms with Crippen molar-refractivity contribution in [2.24, 2.45) is 11.8 Å². The van der Waals surface area contributed by atoms with Crippen LogP contribution in [0.25, 0.3) is 0 Å². The van der Waals surface area contributed by atoms with Crippen molar-refractivity contribution in [3.05, 3.63) is 0 Å². The predicted octanol–water partition coefficient (Wildman–Crippen LogP) is 2.45. The second-order valence-corrected chi connectivity index (χ2v) is 7.22. The molecule has 3 rings (SSSR count). The standard InChI is InChI=1S/C17H27N3O/c1-2-17(9-13-5-3-6-14(13)10-17)19-12-16(21)20-8-4-7-15(20)11-18/h13-15,19H,2-10,12H2,1H3. The minimum atomic E-state index is -0.195. The molecular formula is C17H27N3O. The summed E-state index contributed by atoms with van der Waals surface area (Å²) in [7, 11) is 0. The summed E-state index contributed by atoms with van der Waals surface area (Å²) in [6, 6.07) is 2.06. The Balaban J connectivity index is 1.56. The molecule has 1 amide bonds. The summed E-state index contributed by atoms with van der Waals surface area (Å²) in [5.74, 6) is 1.88. The molecule has 3 unspecified atom stereocenters. The minimum absolute atomic E-state index is 0.115. The maximum atomic E-state index is 12.4. The highest BCUT2D eigenvalue weighted by molar-refractivity contribution is 5.79. The molecule has 21 heavy (non-hydrogen) atoms. The van der Waals surface area contributed by atoms with Gasteiger partial charge in [0.05, 0.1) is 12.6 Å². The molecule has 4 heteroatoms. The molecule has 0 aromatic carbocycles. The van der Waals surface area contributed by atoms with Crippen LogP contribution in [0, 0.1) is 23.2 Å². The van der Waals surface area contributed by atoms with Crippen LogP contribution in [-0.4, -0.2) is 35.5 Å². The maximum Gasteiger partial charge on any atom is 0.237 e. The van der Waals surface area contributed by atoms with E-state index >= 15 is 0 Å². The Bertz CT molecular complexity index is 430. The molecule has 1 saturated heterocycles. The van der Waals surface area contributed by atoms with E-state index in [9.17, 15) is 4.79 Å². The molecule has 4 nitrogen and oxygen atoms in total. The van der Waals surface area contributed by atoms with E-state index in [1.165, 1.54) is 32.1 Å². The zero-order valence-corrected chi connectivity index (χ0v) is 13.1. The van der Waals surface area contributed by atoms with E-state index in [1.807, 2.05) is 0 Å². The van der Waals surface area contributed by atoms with Gasteiger partial charge in [-0.25, -0.2) is 0 Å². The average Bonchev–Trinajstić information content (AvgIpc) is 3.18. The van der Waals surface area contributed by atoms with Crippen LogP contribution in [0.3, 0.4) is 0 Å². The number of fused-ring (bicyclic) bond motifs is 1. The number of likely N-dealkylation sites (tertiary alicyclic amines) is 1. The lowest BCUT2D eigenvalue weighted by Gasteiger charge is -2.31. The Hall–Kier alpha value is -1.08. The van der Waals surface area contributed by atoms with E-state index in [0.717, 1.165) is 37.6 Å². The fraction of sp³-hybridized carbons (Fsp3) is 0.882. The molecule has 3 atom stereocenters. The fourth-order valence-electron chi connectivity index (χ4n) is 4.86. The maximum absolute atomic E-state index is 12.4. The van der Waals surface area contributed by atoms with E-state index in [4.69, 9.17) is 5.26 Å². The van der Waals surface area contributed by atoms with E-state index in [0.29, 0.717) is 6.54 Å². The van der Waals surface area contributed by atoms with Crippen molar-refractivity contribution < 1.29 is 4.79 Å². The first-order valence-electron chi connectivity index (χ1n) is 8.61. The molecule has 0 spiro atoms. The van der Waals surface area contributed by atoms with Crippen LogP contribution in [0.15, 0.2) is 0 Å². The molecule has 0 aromatic rings. The molecule has 0 aromatic heterocycles. The number of hydrogen-bond donors (Lipinski definition) is 1. The lowest BCUT2D eigenvalue weighted by Crippen LogP contribution is -2.49. The Morgan fingerprint density at radius 1 is 1.29 bits per heavy atom. The summed E-state index contributed by atoms with van der Waals surface area (Å²) < 4.78 is 0. The van der Waals surface area contributed by atoms with Gasteiger partial charge >= 0.3 is 0 Å². The van der Waals surface area contributed by atoms with E-state index in [2.05, 4.69) is 18.3 Å². The van der Waals surface area contributed by atoms with Crippen LogP contribution in [0.2, 0.25) is 0 Å². The van der Waals surface area contributed by atoms with Crippen LogP contribution in [-0.2, 0) is 4.79 Å². The number of carbonyl (C=O) groups excluding carboxylic acids is 1. The van der Waals surface area contributed by atoms with Crippen molar-refractivity contribution in [3.8, 4) is 6.07 Å². The predicted molar refractivity (Wildman–Crippen MR) is 81.4 cm³/mol. The molecule has 1 N–H and O–H groups in total. The lowest BCUT2D eigenvalue weighted by atomic mass is 9.91. The quantitative estimate of drug-likeness (QED) is 0.865. The summed E-state index contributed by atoms with van der Waals surface area (Å²) in [5.41, 5.74) is 0.174. The number of amides is 1. The van der Waals surface area contributed by atoms with Crippen LogP contribution in [0.5, 0.6) is 0 Å². The van der Waals surface area contributed by atoms with E-state index in [1.54, 1.807) is 4.90 Å². The van der Waals surface area contributed by atoms with Crippen molar-refractivity contribution in [1.29, 1.82) is 5.26 Å². The van der Waals surface area contributed by atoms with E-state index in [-0.39, 0.29) is 17.5 Å². The largest absolute Gasteiger partial charge is 0.326 e. The van der Waals surface area contributed by atoms with E-state index < -0.39 is 0 Å². The van der Waals surface area contributed by atoms with Gasteiger partial charge in [0, 0.05) is 12.1 Å². The van der Waals surface area contributed by atoms with Crippen LogP contribution in [0.1, 0.15) is 58.3 Å². The van der Waals surface area contributed by atoms with Gasteiger partial charge < -0.3 is 10.2 Å². The Morgan fingerprint density at radius 2 is 2.00 bits per heavy atom. The first kappa shape index (κ1) is 14.8. The third-order valence-electron chi connectivity index (χ3n) is 6.14. The van der Waals surface area contributed by atoms with Gasteiger partial charge in [-0.15, -0.1) is 0 Å². The molecule has 1 aliphatic heterocycles. The number of nitrogens with one attached hydrogen (secondary N) is 1. The molecule has 0 radical (unpaired) electrons. The molecule has 0 bridgehead atoms. The fourth-order valence-corrected chi connectivity index (χ4v) is 4.86. The topological polar surface area (TPSA) is 56.1 Å². The van der Waals surface area contributed by atoms with Crippen LogP contribution >= 0.6 is 0 Å². The van der Waals surface area contributed by atoms with Crippen LogP contribution in [0.4, 0.5) is 0 Å². The third kappa shape index (κ3) is 2.81. The minimum Gasteiger partial charge on any atom is -0.326 e. The van der Waals surface area contributed by atoms with Gasteiger partial charge in [-0.05, 0) is 43.9 Å². The Morgan fingerprint density at radius 3 is 2.62 bits per heavy atom. The monoisotopic (exact) mass is 289 g/mol. The summed E-state index contributed by atoms with van der Waals surface area (Å²) in [6.07, 6.45) is 9.54. The lowest BCUT2D eigenvalue weighted by molar-refractivity contribution is -0.130. The second kappa shape index (κ2) is 5.96. The SMILES string of the molecule is CCC1(NCC(=O)N2CCCC2C#N)CC2CCCC2C1. The van der Waals surface area contributed by atoms with Gasteiger partial charge in [0.15, 0.2) is 0 Å². The smallest absolute Gasteiger partial charge is 0.237 e. The molecule has 116 valence electrons. The molecule has 3 aliphatic rings. The third-order valence-corrected chi connectivity index (χ3v) is 6.14. The van der Waals surface area contributed by atoms with Gasteiger partial charge in [0.2, 0.25) is 5.91 Å². The highest BCUT2D eigenvalue weighted by Crippen LogP contribution is 2.49. The Labute approximate surface area is 127 Å². The van der Waals surface area contributed by atoms with Gasteiger partial charge in [0.25, 0.3) is 0 Å². The first-order chi connectivity index (χ1) is 10.2. The summed E-state index contributed by atoms with van der Waals surface area (Å²) in [6.45, 7) is 3.40. The van der Waals surface area contributed by atoms with Gasteiger partial charge in [-0.3, -0.25) is 4.79 Å². The number of carbonyl (C=O) groups is 1. The number of nitrogens with zero attached hydrogens (tertiary/aromatic N) is 2. The Kier molecular flexibility index (Phi) is 4.21. The highest BCUT2D eigenvalue weighted by atomic mass is 16.2. The molecule has 1 heterocycles. The summed E-state index contributed by atoms with van der Waals surface area (Å²) in [4.78, 5) is 14.2. The number of rotatable bonds is 4. The molecular weight excluding hydrogens is 262 g/mol. The van der Waals surface area contributed by atoms with Gasteiger partial charge in [-0.2, -0.15) is 5.26 Å². The number of nitriles is 1. The van der Waals surface area contributed by atoms with Crippen molar-refractivity contribution in [1.82, 2.24) is 10.2 Å². The summed E-state index contributed by atoms with van der Waals surface area (Å²) >= 11 is 0. The van der Waals surface area contributed by atoms with Gasteiger partial charge in [-0.1, -0.05) is 26.2 Å². The molecule has 3 fully saturated rings. The highest BCUT2D eigenvalue weighted by Gasteiger charge is 2.45. The van der Waals surface area contributed by atoms with Crippen molar-refractivity contribution in [2.45, 2.75) is 69.9 Å². The molecule has 2 aliphatic carbocycles. The van der Waals surface area contributed by atoms with Gasteiger partial charge in [0.1, 0.15) is 6.04 Å². The molecule has 2 saturated carbocycles. The van der Waals surface area contributed by atoms with Crippen molar-refractivity contribution >= 4 is 5.91 Å². The zero-order valence-electron chi connectivity index (χ0n) is 13.1. The van der Waals surface area contributed by atoms with Crippen molar-refractivity contribution in [3.63, 3.8) is 0 Å². The van der Waals surface area contributed by atoms with Crippen molar-refractivity contribution in [2.75, 3.05) is 13.1 Å². The normalized spacial score (nSPS) is 38.5. The first-order valence-corrected chi connectivity index (χ1v) is 8.61. The zero-order chi connectivity index (χ0) is 14.9. The average molecular weight is 289 g/mol.